The molecule has 1 aromatic heterocycles. The minimum Gasteiger partial charge on any atom is -0.344 e. The third-order valence-electron chi connectivity index (χ3n) is 4.59. The monoisotopic (exact) mass is 449 g/mol. The minimum atomic E-state index is 1.03. The second kappa shape index (κ2) is 16.9. The average Bonchev–Trinajstić information content (AvgIpc) is 3.15. The summed E-state index contributed by atoms with van der Waals surface area (Å²) in [5.41, 5.74) is 5.10. The first-order valence-electron chi connectivity index (χ1n) is 12.3. The Bertz CT molecular complexity index is 1010. The van der Waals surface area contributed by atoms with Crippen molar-refractivity contribution in [2.45, 2.75) is 41.5 Å². The predicted octanol–water partition coefficient (Wildman–Crippen LogP) is 8.14. The van der Waals surface area contributed by atoms with Gasteiger partial charge >= 0.3 is 0 Å². The van der Waals surface area contributed by atoms with Crippen molar-refractivity contribution >= 4 is 21.8 Å². The van der Waals surface area contributed by atoms with Gasteiger partial charge in [0.1, 0.15) is 0 Å². The summed E-state index contributed by atoms with van der Waals surface area (Å²) in [6.45, 7) is 13.0. The van der Waals surface area contributed by atoms with Crippen LogP contribution in [0.15, 0.2) is 72.8 Å². The van der Waals surface area contributed by atoms with E-state index in [1.165, 1.54) is 32.9 Å². The lowest BCUT2D eigenvalue weighted by atomic mass is 10.0. The number of aryl methyl sites for hydroxylation is 1. The molecule has 0 saturated heterocycles. The summed E-state index contributed by atoms with van der Waals surface area (Å²) >= 11 is 0. The fourth-order valence-corrected chi connectivity index (χ4v) is 3.54. The van der Waals surface area contributed by atoms with Crippen molar-refractivity contribution in [2.75, 3.05) is 34.9 Å². The molecule has 0 bridgehead atoms. The first-order valence-corrected chi connectivity index (χ1v) is 12.3. The first kappa shape index (κ1) is 30.4. The van der Waals surface area contributed by atoms with Crippen LogP contribution in [-0.4, -0.2) is 49.2 Å². The van der Waals surface area contributed by atoms with Gasteiger partial charge in [0.15, 0.2) is 0 Å². The normalized spacial score (nSPS) is 9.73. The molecule has 0 fully saturated rings. The second-order valence-corrected chi connectivity index (χ2v) is 7.47. The number of nitrogens with zero attached hydrogens (tertiary/aromatic N) is 3. The highest BCUT2D eigenvalue weighted by Gasteiger charge is 2.08. The summed E-state index contributed by atoms with van der Waals surface area (Å²) in [5.74, 6) is 0. The van der Waals surface area contributed by atoms with Gasteiger partial charge in [0.05, 0.1) is 0 Å². The molecule has 0 aliphatic rings. The molecular weight excluding hydrogens is 402 g/mol. The van der Waals surface area contributed by atoms with Gasteiger partial charge in [-0.1, -0.05) is 102 Å². The van der Waals surface area contributed by atoms with E-state index >= 15 is 0 Å². The standard InChI is InChI=1S/C19H15N.C5H14N2.3C2H6/c1-20-18-10-6-5-9-16(18)17-12-11-15(13-19(17)20)14-7-3-2-4-8-14;1-6(2)5-7(3)4;3*1-2/h2-13H,1H3;5H2,1-4H3;3*1-2H3. The number of rotatable bonds is 3. The highest BCUT2D eigenvalue weighted by Crippen LogP contribution is 2.31. The molecule has 33 heavy (non-hydrogen) atoms. The van der Waals surface area contributed by atoms with Gasteiger partial charge in [-0.05, 0) is 51.5 Å². The van der Waals surface area contributed by atoms with Gasteiger partial charge in [-0.2, -0.15) is 0 Å². The summed E-state index contributed by atoms with van der Waals surface area (Å²) in [6.07, 6.45) is 0. The van der Waals surface area contributed by atoms with E-state index in [1.54, 1.807) is 0 Å². The van der Waals surface area contributed by atoms with Gasteiger partial charge in [-0.15, -0.1) is 0 Å². The second-order valence-electron chi connectivity index (χ2n) is 7.47. The van der Waals surface area contributed by atoms with Crippen molar-refractivity contribution in [3.05, 3.63) is 72.8 Å². The summed E-state index contributed by atoms with van der Waals surface area (Å²) in [7, 11) is 10.4. The average molecular weight is 450 g/mol. The molecule has 0 atom stereocenters. The fraction of sp³-hybridized carbons (Fsp3) is 0.400. The molecule has 3 nitrogen and oxygen atoms in total. The van der Waals surface area contributed by atoms with E-state index in [0.29, 0.717) is 0 Å². The topological polar surface area (TPSA) is 11.4 Å². The number of hydrogen-bond donors (Lipinski definition) is 0. The van der Waals surface area contributed by atoms with Crippen LogP contribution in [0.3, 0.4) is 0 Å². The lowest BCUT2D eigenvalue weighted by Gasteiger charge is -2.14. The molecule has 1 heterocycles. The van der Waals surface area contributed by atoms with Crippen molar-refractivity contribution in [1.82, 2.24) is 14.4 Å². The minimum absolute atomic E-state index is 1.03. The zero-order valence-electron chi connectivity index (χ0n) is 23.0. The third kappa shape index (κ3) is 9.03. The number of benzene rings is 3. The van der Waals surface area contributed by atoms with Crippen molar-refractivity contribution in [2.24, 2.45) is 7.05 Å². The highest BCUT2D eigenvalue weighted by atomic mass is 15.2. The van der Waals surface area contributed by atoms with E-state index in [1.807, 2.05) is 41.5 Å². The summed E-state index contributed by atoms with van der Waals surface area (Å²) in [4.78, 5) is 4.25. The Morgan fingerprint density at radius 1 is 0.545 bits per heavy atom. The van der Waals surface area contributed by atoms with Crippen molar-refractivity contribution in [3.8, 4) is 11.1 Å². The van der Waals surface area contributed by atoms with E-state index in [0.717, 1.165) is 6.67 Å². The molecule has 0 aliphatic carbocycles. The van der Waals surface area contributed by atoms with Crippen LogP contribution >= 0.6 is 0 Å². The van der Waals surface area contributed by atoms with Crippen LogP contribution in [0.1, 0.15) is 41.5 Å². The van der Waals surface area contributed by atoms with Gasteiger partial charge in [0, 0.05) is 35.5 Å². The zero-order chi connectivity index (χ0) is 25.4. The van der Waals surface area contributed by atoms with Crippen LogP contribution in [0.2, 0.25) is 0 Å². The Morgan fingerprint density at radius 3 is 1.55 bits per heavy atom. The number of fused-ring (bicyclic) bond motifs is 3. The molecule has 0 amide bonds. The molecule has 0 saturated carbocycles. The van der Waals surface area contributed by atoms with Gasteiger partial charge in [-0.3, -0.25) is 9.80 Å². The van der Waals surface area contributed by atoms with E-state index in [2.05, 4.69) is 122 Å². The van der Waals surface area contributed by atoms with Crippen LogP contribution in [0, 0.1) is 0 Å². The Hall–Kier alpha value is -2.62. The maximum absolute atomic E-state index is 2.28. The Labute approximate surface area is 203 Å². The molecule has 3 aromatic carbocycles. The van der Waals surface area contributed by atoms with Crippen LogP contribution in [-0.2, 0) is 7.05 Å². The van der Waals surface area contributed by atoms with Crippen molar-refractivity contribution in [3.63, 3.8) is 0 Å². The largest absolute Gasteiger partial charge is 0.344 e. The molecule has 4 aromatic rings. The van der Waals surface area contributed by atoms with E-state index in [4.69, 9.17) is 0 Å². The van der Waals surface area contributed by atoms with Crippen LogP contribution < -0.4 is 0 Å². The SMILES string of the molecule is CC.CC.CC.CN(C)CN(C)C.Cn1c2ccccc2c2ccc(-c3ccccc3)cc21. The highest BCUT2D eigenvalue weighted by molar-refractivity contribution is 6.08. The van der Waals surface area contributed by atoms with Gasteiger partial charge in [0.2, 0.25) is 0 Å². The van der Waals surface area contributed by atoms with Crippen LogP contribution in [0.25, 0.3) is 32.9 Å². The van der Waals surface area contributed by atoms with E-state index < -0.39 is 0 Å². The maximum Gasteiger partial charge on any atom is 0.0495 e. The predicted molar refractivity (Wildman–Crippen MR) is 152 cm³/mol. The maximum atomic E-state index is 2.28. The van der Waals surface area contributed by atoms with Gasteiger partial charge in [0.25, 0.3) is 0 Å². The number of para-hydroxylation sites is 1. The third-order valence-corrected chi connectivity index (χ3v) is 4.59. The van der Waals surface area contributed by atoms with Crippen molar-refractivity contribution in [1.29, 1.82) is 0 Å². The van der Waals surface area contributed by atoms with Crippen molar-refractivity contribution < 1.29 is 0 Å². The zero-order valence-corrected chi connectivity index (χ0v) is 23.0. The lowest BCUT2D eigenvalue weighted by Crippen LogP contribution is -2.26. The molecule has 4 rings (SSSR count). The van der Waals surface area contributed by atoms with Crippen LogP contribution in [0.5, 0.6) is 0 Å². The molecule has 0 aliphatic heterocycles. The molecule has 0 N–H and O–H groups in total. The molecule has 182 valence electrons. The molecule has 0 radical (unpaired) electrons. The van der Waals surface area contributed by atoms with Gasteiger partial charge < -0.3 is 4.57 Å². The summed E-state index contributed by atoms with van der Waals surface area (Å²) in [5, 5.41) is 2.65. The van der Waals surface area contributed by atoms with E-state index in [9.17, 15) is 0 Å². The fourth-order valence-electron chi connectivity index (χ4n) is 3.54. The molecular formula is C30H47N3. The summed E-state index contributed by atoms with van der Waals surface area (Å²) < 4.78 is 2.27. The van der Waals surface area contributed by atoms with Gasteiger partial charge in [-0.25, -0.2) is 0 Å². The van der Waals surface area contributed by atoms with Crippen LogP contribution in [0.4, 0.5) is 0 Å². The smallest absolute Gasteiger partial charge is 0.0495 e. The number of hydrogen-bond acceptors (Lipinski definition) is 2. The van der Waals surface area contributed by atoms with E-state index in [-0.39, 0.29) is 0 Å². The number of aromatic nitrogens is 1. The molecule has 3 heteroatoms. The Morgan fingerprint density at radius 2 is 1.03 bits per heavy atom. The lowest BCUT2D eigenvalue weighted by molar-refractivity contribution is 0.245. The quantitative estimate of drug-likeness (QED) is 0.292. The Balaban J connectivity index is 0.000000671. The molecule has 0 spiro atoms. The summed E-state index contributed by atoms with van der Waals surface area (Å²) in [6, 6.07) is 25.8. The molecule has 0 unspecified atom stereocenters. The first-order chi connectivity index (χ1) is 16.0. The Kier molecular flexibility index (Phi) is 15.6.